The van der Waals surface area contributed by atoms with Crippen molar-refractivity contribution in [2.75, 3.05) is 5.73 Å². The van der Waals surface area contributed by atoms with Gasteiger partial charge in [-0.2, -0.15) is 9.78 Å². The molecule has 3 aromatic heterocycles. The summed E-state index contributed by atoms with van der Waals surface area (Å²) in [5.41, 5.74) is 9.35. The molecule has 5 aromatic rings. The highest BCUT2D eigenvalue weighted by Crippen LogP contribution is 2.26. The number of fused-ring (bicyclic) bond motifs is 1. The van der Waals surface area contributed by atoms with Gasteiger partial charge in [-0.15, -0.1) is 5.10 Å². The lowest BCUT2D eigenvalue weighted by Gasteiger charge is -2.05. The van der Waals surface area contributed by atoms with E-state index >= 15 is 0 Å². The third kappa shape index (κ3) is 3.61. The molecule has 0 aliphatic heterocycles. The van der Waals surface area contributed by atoms with Gasteiger partial charge < -0.3 is 10.2 Å². The summed E-state index contributed by atoms with van der Waals surface area (Å²) in [7, 11) is 0. The van der Waals surface area contributed by atoms with Crippen LogP contribution in [0.4, 0.5) is 5.82 Å². The molecule has 5 rings (SSSR count). The molecule has 33 heavy (non-hydrogen) atoms. The van der Waals surface area contributed by atoms with Crippen molar-refractivity contribution in [1.29, 1.82) is 0 Å². The third-order valence-electron chi connectivity index (χ3n) is 4.71. The van der Waals surface area contributed by atoms with Gasteiger partial charge in [0.05, 0.1) is 17.2 Å². The van der Waals surface area contributed by atoms with Crippen molar-refractivity contribution >= 4 is 28.9 Å². The second-order valence-electron chi connectivity index (χ2n) is 6.75. The maximum Gasteiger partial charge on any atom is 0.294 e. The van der Waals surface area contributed by atoms with E-state index in [2.05, 4.69) is 35.8 Å². The number of hydrogen-bond acceptors (Lipinski definition) is 10. The van der Waals surface area contributed by atoms with Gasteiger partial charge in [0.2, 0.25) is 17.1 Å². The Morgan fingerprint density at radius 2 is 1.88 bits per heavy atom. The van der Waals surface area contributed by atoms with Crippen molar-refractivity contribution in [3.05, 3.63) is 82.3 Å². The average Bonchev–Trinajstić information content (AvgIpc) is 3.47. The van der Waals surface area contributed by atoms with Crippen LogP contribution in [-0.2, 0) is 0 Å². The summed E-state index contributed by atoms with van der Waals surface area (Å²) >= 11 is 0. The number of nitrogens with zero attached hydrogens (tertiary/aromatic N) is 6. The molecule has 3 heterocycles. The summed E-state index contributed by atoms with van der Waals surface area (Å²) in [4.78, 5) is 25.4. The van der Waals surface area contributed by atoms with Crippen LogP contribution in [0.1, 0.15) is 16.1 Å². The van der Waals surface area contributed by atoms with Crippen molar-refractivity contribution in [3.63, 3.8) is 0 Å². The van der Waals surface area contributed by atoms with Gasteiger partial charge in [-0.3, -0.25) is 9.59 Å². The number of carbonyl (C=O) groups is 1. The van der Waals surface area contributed by atoms with E-state index in [4.69, 9.17) is 10.2 Å². The lowest BCUT2D eigenvalue weighted by molar-refractivity contribution is 0.0950. The van der Waals surface area contributed by atoms with Crippen LogP contribution < -0.4 is 16.6 Å². The zero-order chi connectivity index (χ0) is 22.8. The van der Waals surface area contributed by atoms with E-state index in [0.717, 1.165) is 0 Å². The smallest absolute Gasteiger partial charge is 0.294 e. The Labute approximate surface area is 184 Å². The molecular formula is C21H14N8O4. The number of amides is 1. The van der Waals surface area contributed by atoms with Crippen LogP contribution in [0, 0.1) is 0 Å². The summed E-state index contributed by atoms with van der Waals surface area (Å²) < 4.78 is 11.3. The first kappa shape index (κ1) is 19.8. The molecule has 0 unspecified atom stereocenters. The zero-order valence-electron chi connectivity index (χ0n) is 16.7. The van der Waals surface area contributed by atoms with Gasteiger partial charge in [-0.25, -0.2) is 10.1 Å². The summed E-state index contributed by atoms with van der Waals surface area (Å²) in [5, 5.41) is 19.5. The first-order valence-corrected chi connectivity index (χ1v) is 9.57. The lowest BCUT2D eigenvalue weighted by atomic mass is 10.1. The van der Waals surface area contributed by atoms with Gasteiger partial charge in [-0.1, -0.05) is 47.7 Å². The van der Waals surface area contributed by atoms with Crippen LogP contribution in [0.25, 0.3) is 28.0 Å². The minimum atomic E-state index is -0.670. The molecule has 12 nitrogen and oxygen atoms in total. The number of nitrogen functional groups attached to an aromatic ring is 1. The number of aromatic nitrogens is 5. The number of carbonyl (C=O) groups excluding carboxylic acids is 1. The van der Waals surface area contributed by atoms with Gasteiger partial charge in [-0.05, 0) is 22.4 Å². The van der Waals surface area contributed by atoms with Crippen molar-refractivity contribution in [1.82, 2.24) is 30.7 Å². The van der Waals surface area contributed by atoms with E-state index in [9.17, 15) is 9.59 Å². The molecule has 1 amide bonds. The van der Waals surface area contributed by atoms with Crippen molar-refractivity contribution in [3.8, 4) is 17.1 Å². The Morgan fingerprint density at radius 3 is 2.67 bits per heavy atom. The van der Waals surface area contributed by atoms with E-state index < -0.39 is 5.91 Å². The topological polar surface area (TPSA) is 167 Å². The number of hydrogen-bond donors (Lipinski definition) is 2. The molecule has 3 N–H and O–H groups in total. The summed E-state index contributed by atoms with van der Waals surface area (Å²) in [5.74, 6) is -0.612. The van der Waals surface area contributed by atoms with E-state index in [1.807, 2.05) is 6.07 Å². The van der Waals surface area contributed by atoms with Crippen LogP contribution in [0.5, 0.6) is 0 Å². The highest BCUT2D eigenvalue weighted by Gasteiger charge is 2.25. The number of hydrazone groups is 1. The predicted molar refractivity (Wildman–Crippen MR) is 117 cm³/mol. The molecule has 0 saturated heterocycles. The van der Waals surface area contributed by atoms with Gasteiger partial charge in [0.25, 0.3) is 5.91 Å². The molecule has 0 bridgehead atoms. The highest BCUT2D eigenvalue weighted by atomic mass is 16.6. The van der Waals surface area contributed by atoms with Crippen molar-refractivity contribution in [2.24, 2.45) is 5.10 Å². The number of nitrogens with two attached hydrogens (primary N) is 1. The van der Waals surface area contributed by atoms with E-state index in [1.54, 1.807) is 48.5 Å². The average molecular weight is 442 g/mol. The van der Waals surface area contributed by atoms with Crippen LogP contribution in [0.2, 0.25) is 0 Å². The molecule has 12 heteroatoms. The first-order chi connectivity index (χ1) is 16.1. The molecule has 2 aromatic carbocycles. The van der Waals surface area contributed by atoms with Crippen LogP contribution in [0.15, 0.2) is 79.8 Å². The fourth-order valence-electron chi connectivity index (χ4n) is 3.17. The first-order valence-electron chi connectivity index (χ1n) is 9.57. The fourth-order valence-corrected chi connectivity index (χ4v) is 3.17. The Bertz CT molecular complexity index is 1550. The molecule has 0 aliphatic rings. The van der Waals surface area contributed by atoms with Crippen molar-refractivity contribution in [2.45, 2.75) is 0 Å². The molecule has 0 spiro atoms. The van der Waals surface area contributed by atoms with Crippen molar-refractivity contribution < 1.29 is 13.8 Å². The molecule has 0 saturated carbocycles. The van der Waals surface area contributed by atoms with Crippen LogP contribution in [-0.4, -0.2) is 37.4 Å². The number of nitrogens with one attached hydrogen (secondary N) is 1. The molecule has 0 atom stereocenters. The summed E-state index contributed by atoms with van der Waals surface area (Å²) in [6, 6.07) is 15.7. The van der Waals surface area contributed by atoms with Gasteiger partial charge in [0.1, 0.15) is 17.5 Å². The number of rotatable bonds is 5. The fraction of sp³-hybridized carbons (Fsp3) is 0. The lowest BCUT2D eigenvalue weighted by Crippen LogP contribution is -2.20. The van der Waals surface area contributed by atoms with E-state index in [-0.39, 0.29) is 28.3 Å². The molecule has 0 aliphatic carbocycles. The quantitative estimate of drug-likeness (QED) is 0.304. The molecular weight excluding hydrogens is 428 g/mol. The highest BCUT2D eigenvalue weighted by molar-refractivity contribution is 5.99. The van der Waals surface area contributed by atoms with Gasteiger partial charge in [0, 0.05) is 5.56 Å². The standard InChI is InChI=1S/C21H14N8O4/c22-19-20(27-33-26-19)29-17(12-6-2-1-3-7-12)16(24-28-29)21(31)25-23-10-13-11-32-15-9-5-4-8-14(15)18(13)30/h1-11H,(H2,22,26)(H,25,31)/b23-10-. The third-order valence-corrected chi connectivity index (χ3v) is 4.71. The molecule has 0 fully saturated rings. The second-order valence-corrected chi connectivity index (χ2v) is 6.75. The predicted octanol–water partition coefficient (Wildman–Crippen LogP) is 1.77. The minimum Gasteiger partial charge on any atom is -0.463 e. The van der Waals surface area contributed by atoms with Crippen LogP contribution in [0.3, 0.4) is 0 Å². The zero-order valence-corrected chi connectivity index (χ0v) is 16.7. The summed E-state index contributed by atoms with van der Waals surface area (Å²) in [6.45, 7) is 0. The molecule has 162 valence electrons. The second kappa shape index (κ2) is 8.19. The largest absolute Gasteiger partial charge is 0.463 e. The van der Waals surface area contributed by atoms with Gasteiger partial charge >= 0.3 is 0 Å². The maximum absolute atomic E-state index is 12.9. The monoisotopic (exact) mass is 442 g/mol. The van der Waals surface area contributed by atoms with Crippen LogP contribution >= 0.6 is 0 Å². The van der Waals surface area contributed by atoms with Gasteiger partial charge in [0.15, 0.2) is 5.69 Å². The molecule has 0 radical (unpaired) electrons. The Kier molecular flexibility index (Phi) is 4.91. The van der Waals surface area contributed by atoms with E-state index in [1.165, 1.54) is 17.2 Å². The Hall–Kier alpha value is -5.13. The Balaban J connectivity index is 1.47. The summed E-state index contributed by atoms with van der Waals surface area (Å²) in [6.07, 6.45) is 2.47. The normalized spacial score (nSPS) is 11.3. The SMILES string of the molecule is Nc1nonc1-n1nnc(C(=O)N/N=C\c2coc3ccccc3c2=O)c1-c1ccccc1. The maximum atomic E-state index is 12.9. The van der Waals surface area contributed by atoms with E-state index in [0.29, 0.717) is 22.2 Å². The Morgan fingerprint density at radius 1 is 1.09 bits per heavy atom. The number of para-hydroxylation sites is 1. The number of benzene rings is 2. The minimum absolute atomic E-state index is 0.0231. The number of anilines is 1.